The minimum absolute atomic E-state index is 0.0626. The van der Waals surface area contributed by atoms with Crippen LogP contribution in [0.25, 0.3) is 0 Å². The molecule has 148 valence electrons. The van der Waals surface area contributed by atoms with Crippen molar-refractivity contribution in [2.75, 3.05) is 13.1 Å². The monoisotopic (exact) mass is 384 g/mol. The van der Waals surface area contributed by atoms with Gasteiger partial charge in [0.15, 0.2) is 11.6 Å². The molecule has 2 amide bonds. The molecule has 4 rings (SSSR count). The summed E-state index contributed by atoms with van der Waals surface area (Å²) in [6.07, 6.45) is 2.97. The number of β-amino-alcohol motifs (C(OH)–C–C–N with tert-alkyl or cyclic N) is 1. The van der Waals surface area contributed by atoms with E-state index in [2.05, 4.69) is 15.2 Å². The summed E-state index contributed by atoms with van der Waals surface area (Å²) in [6, 6.07) is 2.99. The van der Waals surface area contributed by atoms with Gasteiger partial charge in [-0.1, -0.05) is 13.8 Å². The Morgan fingerprint density at radius 1 is 1.18 bits per heavy atom. The van der Waals surface area contributed by atoms with Gasteiger partial charge in [0.2, 0.25) is 5.91 Å². The number of pyridine rings is 1. The second-order valence-corrected chi connectivity index (χ2v) is 7.64. The van der Waals surface area contributed by atoms with E-state index in [9.17, 15) is 14.7 Å². The average Bonchev–Trinajstić information content (AvgIpc) is 3.29. The maximum absolute atomic E-state index is 13.0. The first kappa shape index (κ1) is 18.5. The predicted molar refractivity (Wildman–Crippen MR) is 98.9 cm³/mol. The fourth-order valence-electron chi connectivity index (χ4n) is 3.92. The van der Waals surface area contributed by atoms with Crippen molar-refractivity contribution in [2.45, 2.75) is 45.5 Å². The van der Waals surface area contributed by atoms with E-state index in [1.807, 2.05) is 18.4 Å². The van der Waals surface area contributed by atoms with Gasteiger partial charge in [0, 0.05) is 49.9 Å². The van der Waals surface area contributed by atoms with Crippen LogP contribution in [0.4, 0.5) is 0 Å². The summed E-state index contributed by atoms with van der Waals surface area (Å²) in [7, 11) is 0. The summed E-state index contributed by atoms with van der Waals surface area (Å²) in [5.41, 5.74) is 0.529. The van der Waals surface area contributed by atoms with Gasteiger partial charge in [0.1, 0.15) is 0 Å². The Morgan fingerprint density at radius 2 is 1.93 bits per heavy atom. The SMILES string of the molecule is CC(C)C(=O)N1CCn2c(nnc2[C@@H]2C[C@H](O)CN2C(=O)c2ccncc2)C1. The number of aliphatic hydroxyl groups excluding tert-OH is 1. The first-order chi connectivity index (χ1) is 13.5. The van der Waals surface area contributed by atoms with Crippen LogP contribution in [0.5, 0.6) is 0 Å². The van der Waals surface area contributed by atoms with E-state index in [0.717, 1.165) is 0 Å². The van der Waals surface area contributed by atoms with Crippen molar-refractivity contribution in [3.8, 4) is 0 Å². The largest absolute Gasteiger partial charge is 0.391 e. The number of hydrogen-bond acceptors (Lipinski definition) is 6. The molecule has 28 heavy (non-hydrogen) atoms. The Labute approximate surface area is 163 Å². The molecule has 0 aromatic carbocycles. The number of likely N-dealkylation sites (tertiary alicyclic amines) is 1. The number of carbonyl (C=O) groups excluding carboxylic acids is 2. The lowest BCUT2D eigenvalue weighted by Gasteiger charge is -2.31. The maximum atomic E-state index is 13.0. The number of nitrogens with zero attached hydrogens (tertiary/aromatic N) is 6. The lowest BCUT2D eigenvalue weighted by molar-refractivity contribution is -0.136. The molecule has 0 spiro atoms. The Balaban J connectivity index is 1.59. The normalized spacial score (nSPS) is 21.9. The number of amides is 2. The molecule has 1 fully saturated rings. The third-order valence-corrected chi connectivity index (χ3v) is 5.35. The number of aromatic nitrogens is 4. The van der Waals surface area contributed by atoms with Gasteiger partial charge in [-0.2, -0.15) is 0 Å². The van der Waals surface area contributed by atoms with Crippen LogP contribution >= 0.6 is 0 Å². The molecule has 2 atom stereocenters. The van der Waals surface area contributed by atoms with E-state index >= 15 is 0 Å². The van der Waals surface area contributed by atoms with E-state index in [1.54, 1.807) is 34.3 Å². The summed E-state index contributed by atoms with van der Waals surface area (Å²) in [5.74, 6) is 1.27. The van der Waals surface area contributed by atoms with Crippen molar-refractivity contribution in [2.24, 2.45) is 5.92 Å². The molecule has 0 radical (unpaired) electrons. The van der Waals surface area contributed by atoms with E-state index in [4.69, 9.17) is 0 Å². The van der Waals surface area contributed by atoms with Crippen LogP contribution < -0.4 is 0 Å². The second-order valence-electron chi connectivity index (χ2n) is 7.64. The molecule has 2 aliphatic heterocycles. The topological polar surface area (TPSA) is 104 Å². The molecule has 0 saturated carbocycles. The molecular formula is C19H24N6O3. The Hall–Kier alpha value is -2.81. The van der Waals surface area contributed by atoms with Crippen molar-refractivity contribution >= 4 is 11.8 Å². The van der Waals surface area contributed by atoms with Crippen molar-refractivity contribution < 1.29 is 14.7 Å². The van der Waals surface area contributed by atoms with Crippen LogP contribution in [0.15, 0.2) is 24.5 Å². The molecule has 2 aliphatic rings. The van der Waals surface area contributed by atoms with E-state index in [1.165, 1.54) is 0 Å². The first-order valence-electron chi connectivity index (χ1n) is 9.55. The smallest absolute Gasteiger partial charge is 0.254 e. The van der Waals surface area contributed by atoms with E-state index < -0.39 is 6.10 Å². The number of fused-ring (bicyclic) bond motifs is 1. The highest BCUT2D eigenvalue weighted by Crippen LogP contribution is 2.33. The number of rotatable bonds is 3. The number of aliphatic hydroxyl groups is 1. The van der Waals surface area contributed by atoms with Crippen molar-refractivity contribution in [1.82, 2.24) is 29.5 Å². The highest BCUT2D eigenvalue weighted by atomic mass is 16.3. The van der Waals surface area contributed by atoms with Crippen molar-refractivity contribution in [1.29, 1.82) is 0 Å². The molecule has 1 N–H and O–H groups in total. The lowest BCUT2D eigenvalue weighted by Crippen LogP contribution is -2.41. The Kier molecular flexibility index (Phi) is 4.84. The second kappa shape index (κ2) is 7.31. The molecular weight excluding hydrogens is 360 g/mol. The third-order valence-electron chi connectivity index (χ3n) is 5.35. The summed E-state index contributed by atoms with van der Waals surface area (Å²) in [5, 5.41) is 18.8. The standard InChI is InChI=1S/C19H24N6O3/c1-12(2)18(27)23-7-8-24-16(11-23)21-22-17(24)15-9-14(26)10-25(15)19(28)13-3-5-20-6-4-13/h3-6,12,14-15,26H,7-11H2,1-2H3/t14-,15-/m0/s1. The van der Waals surface area contributed by atoms with Gasteiger partial charge in [-0.25, -0.2) is 0 Å². The molecule has 0 bridgehead atoms. The Bertz CT molecular complexity index is 881. The summed E-state index contributed by atoms with van der Waals surface area (Å²) in [4.78, 5) is 32.6. The van der Waals surface area contributed by atoms with Gasteiger partial charge in [-0.05, 0) is 12.1 Å². The predicted octanol–water partition coefficient (Wildman–Crippen LogP) is 0.619. The highest BCUT2D eigenvalue weighted by Gasteiger charge is 2.40. The molecule has 2 aromatic heterocycles. The van der Waals surface area contributed by atoms with Gasteiger partial charge in [0.05, 0.1) is 18.7 Å². The molecule has 4 heterocycles. The number of hydrogen-bond donors (Lipinski definition) is 1. The Morgan fingerprint density at radius 3 is 2.64 bits per heavy atom. The van der Waals surface area contributed by atoms with Gasteiger partial charge in [-0.15, -0.1) is 10.2 Å². The van der Waals surface area contributed by atoms with E-state index in [-0.39, 0.29) is 30.3 Å². The highest BCUT2D eigenvalue weighted by molar-refractivity contribution is 5.94. The fraction of sp³-hybridized carbons (Fsp3) is 0.526. The quantitative estimate of drug-likeness (QED) is 0.832. The molecule has 9 heteroatoms. The first-order valence-corrected chi connectivity index (χ1v) is 9.55. The molecule has 0 aliphatic carbocycles. The minimum atomic E-state index is -0.605. The minimum Gasteiger partial charge on any atom is -0.391 e. The van der Waals surface area contributed by atoms with Crippen molar-refractivity contribution in [3.05, 3.63) is 41.7 Å². The molecule has 9 nitrogen and oxygen atoms in total. The van der Waals surface area contributed by atoms with Crippen molar-refractivity contribution in [3.63, 3.8) is 0 Å². The average molecular weight is 384 g/mol. The fourth-order valence-corrected chi connectivity index (χ4v) is 3.92. The molecule has 0 unspecified atom stereocenters. The molecule has 2 aromatic rings. The van der Waals surface area contributed by atoms with Crippen LogP contribution in [0.1, 0.15) is 48.3 Å². The van der Waals surface area contributed by atoms with Gasteiger partial charge < -0.3 is 19.5 Å². The maximum Gasteiger partial charge on any atom is 0.254 e. The van der Waals surface area contributed by atoms with Gasteiger partial charge in [-0.3, -0.25) is 14.6 Å². The lowest BCUT2D eigenvalue weighted by atomic mass is 10.1. The van der Waals surface area contributed by atoms with Crippen LogP contribution in [-0.2, 0) is 17.9 Å². The van der Waals surface area contributed by atoms with Gasteiger partial charge >= 0.3 is 0 Å². The molecule has 1 saturated heterocycles. The van der Waals surface area contributed by atoms with E-state index in [0.29, 0.717) is 43.3 Å². The summed E-state index contributed by atoms with van der Waals surface area (Å²) < 4.78 is 1.99. The van der Waals surface area contributed by atoms with Crippen LogP contribution in [0, 0.1) is 5.92 Å². The zero-order chi connectivity index (χ0) is 19.8. The third kappa shape index (κ3) is 3.26. The van der Waals surface area contributed by atoms with Crippen LogP contribution in [0.2, 0.25) is 0 Å². The zero-order valence-corrected chi connectivity index (χ0v) is 16.0. The summed E-state index contributed by atoms with van der Waals surface area (Å²) in [6.45, 7) is 5.61. The van der Waals surface area contributed by atoms with Crippen LogP contribution in [0.3, 0.4) is 0 Å². The number of carbonyl (C=O) groups is 2. The zero-order valence-electron chi connectivity index (χ0n) is 16.0. The summed E-state index contributed by atoms with van der Waals surface area (Å²) >= 11 is 0. The van der Waals surface area contributed by atoms with Crippen LogP contribution in [-0.4, -0.2) is 65.7 Å². The van der Waals surface area contributed by atoms with Gasteiger partial charge in [0.25, 0.3) is 5.91 Å².